The van der Waals surface area contributed by atoms with E-state index < -0.39 is 5.97 Å². The lowest BCUT2D eigenvalue weighted by Crippen LogP contribution is -2.44. The van der Waals surface area contributed by atoms with Crippen LogP contribution in [0.5, 0.6) is 0 Å². The van der Waals surface area contributed by atoms with E-state index >= 15 is 0 Å². The number of aryl methyl sites for hydroxylation is 1. The third kappa shape index (κ3) is 3.62. The van der Waals surface area contributed by atoms with Gasteiger partial charge in [-0.2, -0.15) is 0 Å². The van der Waals surface area contributed by atoms with Gasteiger partial charge in [-0.25, -0.2) is 4.79 Å². The van der Waals surface area contributed by atoms with E-state index in [9.17, 15) is 9.59 Å². The van der Waals surface area contributed by atoms with Crippen LogP contribution in [0.3, 0.4) is 0 Å². The van der Waals surface area contributed by atoms with E-state index in [2.05, 4.69) is 13.8 Å². The number of piperidine rings is 1. The van der Waals surface area contributed by atoms with Crippen LogP contribution in [0, 0.1) is 5.92 Å². The van der Waals surface area contributed by atoms with Gasteiger partial charge in [-0.05, 0) is 63.0 Å². The maximum atomic E-state index is 13.1. The molecule has 0 spiro atoms. The summed E-state index contributed by atoms with van der Waals surface area (Å²) in [4.78, 5) is 32.3. The second-order valence-electron chi connectivity index (χ2n) is 8.29. The Morgan fingerprint density at radius 1 is 1.18 bits per heavy atom. The highest BCUT2D eigenvalue weighted by Crippen LogP contribution is 2.32. The van der Waals surface area contributed by atoms with Crippen molar-refractivity contribution in [1.82, 2.24) is 9.88 Å². The lowest BCUT2D eigenvalue weighted by Gasteiger charge is -2.33. The molecule has 0 saturated carbocycles. The van der Waals surface area contributed by atoms with E-state index in [4.69, 9.17) is 9.72 Å². The summed E-state index contributed by atoms with van der Waals surface area (Å²) < 4.78 is 5.54. The molecule has 0 N–H and O–H groups in total. The van der Waals surface area contributed by atoms with E-state index in [1.54, 1.807) is 0 Å². The molecule has 28 heavy (non-hydrogen) atoms. The summed E-state index contributed by atoms with van der Waals surface area (Å²) >= 11 is 0. The predicted octanol–water partition coefficient (Wildman–Crippen LogP) is 3.92. The number of para-hydroxylation sites is 1. The van der Waals surface area contributed by atoms with Crippen LogP contribution < -0.4 is 0 Å². The molecule has 0 radical (unpaired) electrons. The molecule has 2 atom stereocenters. The Labute approximate surface area is 166 Å². The van der Waals surface area contributed by atoms with E-state index in [1.807, 2.05) is 29.2 Å². The summed E-state index contributed by atoms with van der Waals surface area (Å²) in [5.41, 5.74) is 3.42. The standard InChI is InChI=1S/C23H28N2O3/c1-15-10-11-20-18(13-15)22(17-8-3-4-9-19(17)24-20)23(27)28-14-21(26)25-12-6-5-7-16(25)2/h3-4,8-9,15-16H,5-7,10-14H2,1-2H3/t15-,16-/m0/s1. The van der Waals surface area contributed by atoms with Crippen LogP contribution in [0.25, 0.3) is 10.9 Å². The molecule has 5 nitrogen and oxygen atoms in total. The normalized spacial score (nSPS) is 22.0. The predicted molar refractivity (Wildman–Crippen MR) is 108 cm³/mol. The molecule has 4 rings (SSSR count). The molecule has 5 heteroatoms. The van der Waals surface area contributed by atoms with Crippen molar-refractivity contribution in [2.45, 2.75) is 58.4 Å². The number of hydrogen-bond acceptors (Lipinski definition) is 4. The number of carbonyl (C=O) groups excluding carboxylic acids is 2. The molecule has 1 fully saturated rings. The molecule has 2 aliphatic rings. The summed E-state index contributed by atoms with van der Waals surface area (Å²) in [5, 5.41) is 0.819. The van der Waals surface area contributed by atoms with Gasteiger partial charge in [0.1, 0.15) is 0 Å². The van der Waals surface area contributed by atoms with Gasteiger partial charge >= 0.3 is 5.97 Å². The fourth-order valence-corrected chi connectivity index (χ4v) is 4.55. The molecule has 2 aromatic rings. The second-order valence-corrected chi connectivity index (χ2v) is 8.29. The Bertz CT molecular complexity index is 908. The number of ether oxygens (including phenoxy) is 1. The quantitative estimate of drug-likeness (QED) is 0.758. The van der Waals surface area contributed by atoms with Crippen molar-refractivity contribution in [3.05, 3.63) is 41.1 Å². The molecule has 148 valence electrons. The zero-order valence-corrected chi connectivity index (χ0v) is 16.7. The highest BCUT2D eigenvalue weighted by Gasteiger charge is 2.28. The number of rotatable bonds is 3. The van der Waals surface area contributed by atoms with Gasteiger partial charge in [0.2, 0.25) is 0 Å². The number of carbonyl (C=O) groups is 2. The van der Waals surface area contributed by atoms with Crippen LogP contribution in [0.2, 0.25) is 0 Å². The van der Waals surface area contributed by atoms with Gasteiger partial charge in [0, 0.05) is 23.7 Å². The fourth-order valence-electron chi connectivity index (χ4n) is 4.55. The average Bonchev–Trinajstić information content (AvgIpc) is 2.70. The van der Waals surface area contributed by atoms with Gasteiger partial charge in [0.05, 0.1) is 11.1 Å². The van der Waals surface area contributed by atoms with Crippen molar-refractivity contribution in [1.29, 1.82) is 0 Å². The van der Waals surface area contributed by atoms with E-state index in [0.717, 1.165) is 67.2 Å². The van der Waals surface area contributed by atoms with Crippen molar-refractivity contribution in [3.63, 3.8) is 0 Å². The lowest BCUT2D eigenvalue weighted by atomic mass is 9.84. The highest BCUT2D eigenvalue weighted by molar-refractivity contribution is 6.05. The molecular weight excluding hydrogens is 352 g/mol. The third-order valence-corrected chi connectivity index (χ3v) is 6.16. The summed E-state index contributed by atoms with van der Waals surface area (Å²) in [6.07, 6.45) is 5.97. The van der Waals surface area contributed by atoms with Crippen molar-refractivity contribution >= 4 is 22.8 Å². The Morgan fingerprint density at radius 2 is 2.00 bits per heavy atom. The minimum atomic E-state index is -0.401. The number of likely N-dealkylation sites (tertiary alicyclic amines) is 1. The van der Waals surface area contributed by atoms with Crippen molar-refractivity contribution < 1.29 is 14.3 Å². The van der Waals surface area contributed by atoms with Crippen LogP contribution in [-0.4, -0.2) is 41.0 Å². The molecule has 0 bridgehead atoms. The molecule has 1 aromatic heterocycles. The molecular formula is C23H28N2O3. The Balaban J connectivity index is 1.60. The maximum absolute atomic E-state index is 13.1. The molecule has 2 heterocycles. The topological polar surface area (TPSA) is 59.5 Å². The zero-order chi connectivity index (χ0) is 19.7. The van der Waals surface area contributed by atoms with Gasteiger partial charge in [-0.1, -0.05) is 25.1 Å². The number of fused-ring (bicyclic) bond motifs is 2. The first-order chi connectivity index (χ1) is 13.5. The van der Waals surface area contributed by atoms with Gasteiger partial charge in [0.15, 0.2) is 6.61 Å². The molecule has 1 aliphatic heterocycles. The Kier molecular flexibility index (Phi) is 5.33. The van der Waals surface area contributed by atoms with Crippen LogP contribution in [-0.2, 0) is 22.4 Å². The number of aromatic nitrogens is 1. The first-order valence-corrected chi connectivity index (χ1v) is 10.4. The largest absolute Gasteiger partial charge is 0.452 e. The van der Waals surface area contributed by atoms with Gasteiger partial charge in [-0.15, -0.1) is 0 Å². The maximum Gasteiger partial charge on any atom is 0.339 e. The van der Waals surface area contributed by atoms with Gasteiger partial charge < -0.3 is 9.64 Å². The van der Waals surface area contributed by atoms with Crippen molar-refractivity contribution in [3.8, 4) is 0 Å². The van der Waals surface area contributed by atoms with E-state index in [1.165, 1.54) is 0 Å². The van der Waals surface area contributed by atoms with Gasteiger partial charge in [-0.3, -0.25) is 9.78 Å². The minimum absolute atomic E-state index is 0.0962. The first-order valence-electron chi connectivity index (χ1n) is 10.4. The van der Waals surface area contributed by atoms with Crippen LogP contribution >= 0.6 is 0 Å². The monoisotopic (exact) mass is 380 g/mol. The zero-order valence-electron chi connectivity index (χ0n) is 16.7. The lowest BCUT2D eigenvalue weighted by molar-refractivity contribution is -0.137. The van der Waals surface area contributed by atoms with Crippen LogP contribution in [0.1, 0.15) is 61.1 Å². The number of benzene rings is 1. The summed E-state index contributed by atoms with van der Waals surface area (Å²) in [7, 11) is 0. The highest BCUT2D eigenvalue weighted by atomic mass is 16.5. The van der Waals surface area contributed by atoms with Crippen LogP contribution in [0.15, 0.2) is 24.3 Å². The first kappa shape index (κ1) is 18.9. The van der Waals surface area contributed by atoms with E-state index in [0.29, 0.717) is 11.5 Å². The third-order valence-electron chi connectivity index (χ3n) is 6.16. The fraction of sp³-hybridized carbons (Fsp3) is 0.522. The van der Waals surface area contributed by atoms with Crippen molar-refractivity contribution in [2.75, 3.05) is 13.2 Å². The van der Waals surface area contributed by atoms with E-state index in [-0.39, 0.29) is 18.6 Å². The second kappa shape index (κ2) is 7.90. The van der Waals surface area contributed by atoms with Gasteiger partial charge in [0.25, 0.3) is 5.91 Å². The SMILES string of the molecule is C[C@H]1CCc2nc3ccccc3c(C(=O)OCC(=O)N3CCCC[C@@H]3C)c2C1. The Hall–Kier alpha value is -2.43. The minimum Gasteiger partial charge on any atom is -0.452 e. The summed E-state index contributed by atoms with van der Waals surface area (Å²) in [6.45, 7) is 4.83. The van der Waals surface area contributed by atoms with Crippen LogP contribution in [0.4, 0.5) is 0 Å². The molecule has 1 aromatic carbocycles. The number of pyridine rings is 1. The number of esters is 1. The summed E-state index contributed by atoms with van der Waals surface area (Å²) in [5.74, 6) is 0.0148. The molecule has 1 amide bonds. The molecule has 1 aliphatic carbocycles. The average molecular weight is 380 g/mol. The summed E-state index contributed by atoms with van der Waals surface area (Å²) in [6, 6.07) is 7.93. The molecule has 0 unspecified atom stereocenters. The smallest absolute Gasteiger partial charge is 0.339 e. The number of amides is 1. The molecule has 1 saturated heterocycles. The Morgan fingerprint density at radius 3 is 2.82 bits per heavy atom. The number of nitrogens with zero attached hydrogens (tertiary/aromatic N) is 2. The van der Waals surface area contributed by atoms with Crippen molar-refractivity contribution in [2.24, 2.45) is 5.92 Å². The number of hydrogen-bond donors (Lipinski definition) is 0.